The van der Waals surface area contributed by atoms with Crippen molar-refractivity contribution in [1.82, 2.24) is 15.1 Å². The molecule has 2 rings (SSSR count). The first-order chi connectivity index (χ1) is 9.93. The maximum absolute atomic E-state index is 12.7. The predicted molar refractivity (Wildman–Crippen MR) is 74.8 cm³/mol. The van der Waals surface area contributed by atoms with Crippen molar-refractivity contribution in [3.8, 4) is 0 Å². The van der Waals surface area contributed by atoms with Crippen molar-refractivity contribution in [2.24, 2.45) is 0 Å². The molecule has 0 spiro atoms. The number of rotatable bonds is 5. The van der Waals surface area contributed by atoms with Crippen LogP contribution in [-0.2, 0) is 6.18 Å². The standard InChI is InChI=1S/C15H18F3N3/c1-3-19-14(12-7-5-4-6-8-12)11(2)21-10-13(9-20-21)15(16,17)18/h4-11,14,19H,3H2,1-2H3. The molecule has 0 radical (unpaired) electrons. The number of aromatic nitrogens is 2. The first-order valence-corrected chi connectivity index (χ1v) is 6.83. The van der Waals surface area contributed by atoms with Crippen molar-refractivity contribution < 1.29 is 13.2 Å². The van der Waals surface area contributed by atoms with Gasteiger partial charge in [0.2, 0.25) is 0 Å². The molecule has 0 bridgehead atoms. The van der Waals surface area contributed by atoms with E-state index in [1.807, 2.05) is 44.2 Å². The highest BCUT2D eigenvalue weighted by Gasteiger charge is 2.33. The van der Waals surface area contributed by atoms with Gasteiger partial charge in [0.1, 0.15) is 0 Å². The quantitative estimate of drug-likeness (QED) is 0.909. The summed E-state index contributed by atoms with van der Waals surface area (Å²) in [6.07, 6.45) is -2.44. The molecule has 0 amide bonds. The van der Waals surface area contributed by atoms with Gasteiger partial charge in [-0.3, -0.25) is 4.68 Å². The Morgan fingerprint density at radius 1 is 1.24 bits per heavy atom. The van der Waals surface area contributed by atoms with E-state index in [0.29, 0.717) is 0 Å². The van der Waals surface area contributed by atoms with Gasteiger partial charge in [-0.25, -0.2) is 0 Å². The number of benzene rings is 1. The second-order valence-corrected chi connectivity index (χ2v) is 4.89. The number of alkyl halides is 3. The largest absolute Gasteiger partial charge is 0.419 e. The highest BCUT2D eigenvalue weighted by molar-refractivity contribution is 5.20. The van der Waals surface area contributed by atoms with E-state index in [1.54, 1.807) is 0 Å². The zero-order valence-electron chi connectivity index (χ0n) is 11.9. The second kappa shape index (κ2) is 6.30. The number of halogens is 3. The zero-order valence-corrected chi connectivity index (χ0v) is 11.9. The Morgan fingerprint density at radius 2 is 1.90 bits per heavy atom. The molecule has 6 heteroatoms. The lowest BCUT2D eigenvalue weighted by Crippen LogP contribution is -2.29. The summed E-state index contributed by atoms with van der Waals surface area (Å²) in [5.41, 5.74) is 0.300. The topological polar surface area (TPSA) is 29.9 Å². The van der Waals surface area contributed by atoms with Crippen LogP contribution in [0.15, 0.2) is 42.7 Å². The fourth-order valence-corrected chi connectivity index (χ4v) is 2.31. The lowest BCUT2D eigenvalue weighted by Gasteiger charge is -2.25. The van der Waals surface area contributed by atoms with Crippen LogP contribution in [-0.4, -0.2) is 16.3 Å². The molecule has 2 aromatic rings. The highest BCUT2D eigenvalue weighted by atomic mass is 19.4. The van der Waals surface area contributed by atoms with Gasteiger partial charge < -0.3 is 5.32 Å². The molecule has 1 N–H and O–H groups in total. The molecule has 21 heavy (non-hydrogen) atoms. The average molecular weight is 297 g/mol. The van der Waals surface area contributed by atoms with Gasteiger partial charge in [0, 0.05) is 6.20 Å². The molecule has 0 saturated heterocycles. The molecule has 3 nitrogen and oxygen atoms in total. The number of likely N-dealkylation sites (N-methyl/N-ethyl adjacent to an activating group) is 1. The molecular weight excluding hydrogens is 279 g/mol. The van der Waals surface area contributed by atoms with E-state index in [2.05, 4.69) is 10.4 Å². The van der Waals surface area contributed by atoms with Crippen LogP contribution in [0.4, 0.5) is 13.2 Å². The summed E-state index contributed by atoms with van der Waals surface area (Å²) >= 11 is 0. The van der Waals surface area contributed by atoms with E-state index in [-0.39, 0.29) is 12.1 Å². The Hall–Kier alpha value is -1.82. The normalized spacial score (nSPS) is 14.9. The maximum Gasteiger partial charge on any atom is 0.419 e. The molecule has 0 fully saturated rings. The summed E-state index contributed by atoms with van der Waals surface area (Å²) in [7, 11) is 0. The van der Waals surface area contributed by atoms with Gasteiger partial charge in [-0.15, -0.1) is 0 Å². The summed E-state index contributed by atoms with van der Waals surface area (Å²) in [4.78, 5) is 0. The molecule has 2 unspecified atom stereocenters. The summed E-state index contributed by atoms with van der Waals surface area (Å²) in [6, 6.07) is 9.32. The van der Waals surface area contributed by atoms with Gasteiger partial charge >= 0.3 is 6.18 Å². The molecule has 1 heterocycles. The molecule has 0 saturated carbocycles. The van der Waals surface area contributed by atoms with Crippen LogP contribution >= 0.6 is 0 Å². The van der Waals surface area contributed by atoms with Gasteiger partial charge in [0.15, 0.2) is 0 Å². The Kier molecular flexibility index (Phi) is 4.67. The highest BCUT2D eigenvalue weighted by Crippen LogP contribution is 2.31. The molecule has 1 aromatic carbocycles. The third-order valence-electron chi connectivity index (χ3n) is 3.41. The lowest BCUT2D eigenvalue weighted by molar-refractivity contribution is -0.137. The Bertz CT molecular complexity index is 563. The van der Waals surface area contributed by atoms with E-state index in [0.717, 1.165) is 24.5 Å². The third kappa shape index (κ3) is 3.64. The van der Waals surface area contributed by atoms with Crippen LogP contribution in [0.1, 0.15) is 37.1 Å². The van der Waals surface area contributed by atoms with Crippen molar-refractivity contribution in [1.29, 1.82) is 0 Å². The molecule has 114 valence electrons. The molecule has 0 aliphatic carbocycles. The van der Waals surface area contributed by atoms with Crippen molar-refractivity contribution in [2.75, 3.05) is 6.54 Å². The minimum atomic E-state index is -4.36. The number of nitrogens with zero attached hydrogens (tertiary/aromatic N) is 2. The minimum Gasteiger partial charge on any atom is -0.308 e. The fraction of sp³-hybridized carbons (Fsp3) is 0.400. The van der Waals surface area contributed by atoms with Crippen LogP contribution in [0, 0.1) is 0 Å². The smallest absolute Gasteiger partial charge is 0.308 e. The zero-order chi connectivity index (χ0) is 15.5. The van der Waals surface area contributed by atoms with E-state index in [9.17, 15) is 13.2 Å². The minimum absolute atomic E-state index is 0.0998. The van der Waals surface area contributed by atoms with E-state index >= 15 is 0 Å². The van der Waals surface area contributed by atoms with Crippen molar-refractivity contribution in [3.05, 3.63) is 53.9 Å². The average Bonchev–Trinajstić information content (AvgIpc) is 2.95. The van der Waals surface area contributed by atoms with Crippen molar-refractivity contribution in [3.63, 3.8) is 0 Å². The fourth-order valence-electron chi connectivity index (χ4n) is 2.31. The van der Waals surface area contributed by atoms with Gasteiger partial charge in [0.25, 0.3) is 0 Å². The molecule has 2 atom stereocenters. The van der Waals surface area contributed by atoms with Crippen molar-refractivity contribution in [2.45, 2.75) is 32.1 Å². The Morgan fingerprint density at radius 3 is 2.43 bits per heavy atom. The third-order valence-corrected chi connectivity index (χ3v) is 3.41. The van der Waals surface area contributed by atoms with E-state index in [4.69, 9.17) is 0 Å². The predicted octanol–water partition coefficient (Wildman–Crippen LogP) is 3.81. The SMILES string of the molecule is CCNC(c1ccccc1)C(C)n1cc(C(F)(F)F)cn1. The molecule has 1 aromatic heterocycles. The maximum atomic E-state index is 12.7. The van der Waals surface area contributed by atoms with Gasteiger partial charge in [-0.1, -0.05) is 37.3 Å². The number of hydrogen-bond acceptors (Lipinski definition) is 2. The Labute approximate surface area is 121 Å². The molecular formula is C15H18F3N3. The van der Waals surface area contributed by atoms with Crippen LogP contribution in [0.3, 0.4) is 0 Å². The first-order valence-electron chi connectivity index (χ1n) is 6.83. The van der Waals surface area contributed by atoms with E-state index < -0.39 is 11.7 Å². The number of nitrogens with one attached hydrogen (secondary N) is 1. The van der Waals surface area contributed by atoms with E-state index in [1.165, 1.54) is 4.68 Å². The molecule has 0 aliphatic heterocycles. The second-order valence-electron chi connectivity index (χ2n) is 4.89. The van der Waals surface area contributed by atoms with Crippen LogP contribution in [0.2, 0.25) is 0 Å². The summed E-state index contributed by atoms with van der Waals surface area (Å²) in [5.74, 6) is 0. The van der Waals surface area contributed by atoms with Gasteiger partial charge in [-0.2, -0.15) is 18.3 Å². The van der Waals surface area contributed by atoms with Gasteiger partial charge in [0.05, 0.1) is 23.8 Å². The lowest BCUT2D eigenvalue weighted by atomic mass is 10.0. The monoisotopic (exact) mass is 297 g/mol. The number of hydrogen-bond donors (Lipinski definition) is 1. The van der Waals surface area contributed by atoms with Crippen molar-refractivity contribution >= 4 is 0 Å². The summed E-state index contributed by atoms with van der Waals surface area (Å²) < 4.78 is 39.4. The Balaban J connectivity index is 2.26. The van der Waals surface area contributed by atoms with Crippen LogP contribution in [0.25, 0.3) is 0 Å². The molecule has 0 aliphatic rings. The van der Waals surface area contributed by atoms with Crippen LogP contribution in [0.5, 0.6) is 0 Å². The van der Waals surface area contributed by atoms with Crippen LogP contribution < -0.4 is 5.32 Å². The summed E-state index contributed by atoms with van der Waals surface area (Å²) in [6.45, 7) is 4.54. The van der Waals surface area contributed by atoms with Gasteiger partial charge in [-0.05, 0) is 19.0 Å². The summed E-state index contributed by atoms with van der Waals surface area (Å²) in [5, 5.41) is 7.17. The first kappa shape index (κ1) is 15.6.